The van der Waals surface area contributed by atoms with Gasteiger partial charge in [0.2, 0.25) is 0 Å². The summed E-state index contributed by atoms with van der Waals surface area (Å²) in [5, 5.41) is 8.82. The molecule has 0 aromatic carbocycles. The third kappa shape index (κ3) is 0.872. The first-order valence-electron chi connectivity index (χ1n) is 4.02. The van der Waals surface area contributed by atoms with Crippen molar-refractivity contribution in [3.8, 4) is 0 Å². The van der Waals surface area contributed by atoms with E-state index in [0.29, 0.717) is 6.42 Å². The van der Waals surface area contributed by atoms with Crippen LogP contribution in [0.25, 0.3) is 0 Å². The molecule has 0 radical (unpaired) electrons. The minimum absolute atomic E-state index is 0.223. The van der Waals surface area contributed by atoms with Crippen molar-refractivity contribution in [2.45, 2.75) is 37.9 Å². The van der Waals surface area contributed by atoms with Gasteiger partial charge >= 0.3 is 5.97 Å². The van der Waals surface area contributed by atoms with Crippen LogP contribution in [-0.4, -0.2) is 22.8 Å². The van der Waals surface area contributed by atoms with E-state index in [9.17, 15) is 4.79 Å². The molecule has 3 heteroatoms. The Morgan fingerprint density at radius 2 is 2.45 bits per heavy atom. The number of ether oxygens (including phenoxy) is 1. The summed E-state index contributed by atoms with van der Waals surface area (Å²) in [4.78, 5) is 10.7. The molecule has 0 aromatic rings. The van der Waals surface area contributed by atoms with Crippen LogP contribution in [0.2, 0.25) is 0 Å². The van der Waals surface area contributed by atoms with Gasteiger partial charge in [-0.15, -0.1) is 0 Å². The van der Waals surface area contributed by atoms with Gasteiger partial charge in [-0.2, -0.15) is 0 Å². The van der Waals surface area contributed by atoms with Gasteiger partial charge in [-0.05, 0) is 26.2 Å². The van der Waals surface area contributed by atoms with Crippen molar-refractivity contribution >= 4 is 5.97 Å². The molecule has 0 amide bonds. The van der Waals surface area contributed by atoms with Crippen molar-refractivity contribution in [1.29, 1.82) is 0 Å². The van der Waals surface area contributed by atoms with Crippen LogP contribution in [0.5, 0.6) is 0 Å². The quantitative estimate of drug-likeness (QED) is 0.616. The van der Waals surface area contributed by atoms with Crippen LogP contribution in [0.4, 0.5) is 0 Å². The lowest BCUT2D eigenvalue weighted by Crippen LogP contribution is -2.35. The highest BCUT2D eigenvalue weighted by Crippen LogP contribution is 2.47. The van der Waals surface area contributed by atoms with Crippen LogP contribution in [0.3, 0.4) is 0 Å². The minimum Gasteiger partial charge on any atom is -0.481 e. The van der Waals surface area contributed by atoms with Gasteiger partial charge in [-0.3, -0.25) is 4.79 Å². The molecule has 0 unspecified atom stereocenters. The number of fused-ring (bicyclic) bond motifs is 2. The Kier molecular flexibility index (Phi) is 1.27. The third-order valence-corrected chi connectivity index (χ3v) is 2.93. The lowest BCUT2D eigenvalue weighted by molar-refractivity contribution is -0.146. The number of aliphatic carboxylic acids is 1. The Labute approximate surface area is 65.4 Å². The molecule has 2 bridgehead atoms. The number of hydrogen-bond donors (Lipinski definition) is 1. The molecule has 11 heavy (non-hydrogen) atoms. The summed E-state index contributed by atoms with van der Waals surface area (Å²) in [7, 11) is 0. The predicted molar refractivity (Wildman–Crippen MR) is 38.3 cm³/mol. The molecule has 0 saturated carbocycles. The first-order chi connectivity index (χ1) is 5.12. The maximum absolute atomic E-state index is 10.7. The second kappa shape index (κ2) is 1.97. The number of hydrogen-bond acceptors (Lipinski definition) is 2. The highest BCUT2D eigenvalue weighted by Gasteiger charge is 2.53. The molecule has 2 heterocycles. The zero-order valence-corrected chi connectivity index (χ0v) is 6.54. The molecule has 1 N–H and O–H groups in total. The lowest BCUT2D eigenvalue weighted by Gasteiger charge is -2.24. The van der Waals surface area contributed by atoms with Crippen LogP contribution >= 0.6 is 0 Å². The first kappa shape index (κ1) is 7.10. The molecular formula is C8H12O3. The first-order valence-corrected chi connectivity index (χ1v) is 4.02. The Bertz CT molecular complexity index is 202. The van der Waals surface area contributed by atoms with Crippen LogP contribution in [0, 0.1) is 5.92 Å². The second-order valence-corrected chi connectivity index (χ2v) is 3.72. The fourth-order valence-corrected chi connectivity index (χ4v) is 2.24. The molecule has 2 saturated heterocycles. The molecule has 2 aliphatic heterocycles. The van der Waals surface area contributed by atoms with E-state index in [4.69, 9.17) is 9.84 Å². The number of rotatable bonds is 1. The van der Waals surface area contributed by atoms with E-state index in [1.165, 1.54) is 0 Å². The van der Waals surface area contributed by atoms with Crippen LogP contribution in [-0.2, 0) is 9.53 Å². The average Bonchev–Trinajstić information content (AvgIpc) is 2.41. The average molecular weight is 156 g/mol. The van der Waals surface area contributed by atoms with Crippen molar-refractivity contribution in [3.05, 3.63) is 0 Å². The molecule has 2 fully saturated rings. The summed E-state index contributed by atoms with van der Waals surface area (Å²) in [6.07, 6.45) is 2.89. The van der Waals surface area contributed by atoms with Crippen molar-refractivity contribution in [2.24, 2.45) is 5.92 Å². The summed E-state index contributed by atoms with van der Waals surface area (Å²) in [5.41, 5.74) is -0.351. The molecule has 0 aromatic heterocycles. The molecule has 62 valence electrons. The fourth-order valence-electron chi connectivity index (χ4n) is 2.24. The van der Waals surface area contributed by atoms with Gasteiger partial charge in [-0.1, -0.05) is 0 Å². The van der Waals surface area contributed by atoms with E-state index >= 15 is 0 Å². The van der Waals surface area contributed by atoms with E-state index in [-0.39, 0.29) is 17.6 Å². The van der Waals surface area contributed by atoms with E-state index in [0.717, 1.165) is 12.8 Å². The molecule has 2 rings (SSSR count). The largest absolute Gasteiger partial charge is 0.481 e. The van der Waals surface area contributed by atoms with Crippen molar-refractivity contribution < 1.29 is 14.6 Å². The Balaban J connectivity index is 2.21. The maximum Gasteiger partial charge on any atom is 0.309 e. The maximum atomic E-state index is 10.7. The molecule has 0 aliphatic carbocycles. The summed E-state index contributed by atoms with van der Waals surface area (Å²) in [5.74, 6) is -0.962. The number of carboxylic acid groups (broad SMARTS) is 1. The van der Waals surface area contributed by atoms with Crippen molar-refractivity contribution in [1.82, 2.24) is 0 Å². The third-order valence-electron chi connectivity index (χ3n) is 2.93. The standard InChI is InChI=1S/C8H12O3/c1-8-3-2-5(11-8)4-6(8)7(9)10/h5-6H,2-4H2,1H3,(H,9,10)/t5-,6+,8+/m0/s1. The zero-order valence-electron chi connectivity index (χ0n) is 6.54. The topological polar surface area (TPSA) is 46.5 Å². The zero-order chi connectivity index (χ0) is 8.06. The summed E-state index contributed by atoms with van der Waals surface area (Å²) in [6.45, 7) is 1.92. The summed E-state index contributed by atoms with van der Waals surface area (Å²) < 4.78 is 5.55. The van der Waals surface area contributed by atoms with Gasteiger partial charge in [0.05, 0.1) is 17.6 Å². The van der Waals surface area contributed by atoms with Crippen molar-refractivity contribution in [3.63, 3.8) is 0 Å². The second-order valence-electron chi connectivity index (χ2n) is 3.72. The van der Waals surface area contributed by atoms with Gasteiger partial charge < -0.3 is 9.84 Å². The Hall–Kier alpha value is -0.570. The highest BCUT2D eigenvalue weighted by atomic mass is 16.5. The van der Waals surface area contributed by atoms with Gasteiger partial charge in [0.1, 0.15) is 0 Å². The molecular weight excluding hydrogens is 144 g/mol. The van der Waals surface area contributed by atoms with E-state index in [1.807, 2.05) is 6.92 Å². The molecule has 3 atom stereocenters. The monoisotopic (exact) mass is 156 g/mol. The van der Waals surface area contributed by atoms with Crippen LogP contribution in [0.1, 0.15) is 26.2 Å². The fraction of sp³-hybridized carbons (Fsp3) is 0.875. The predicted octanol–water partition coefficient (Wildman–Crippen LogP) is 1.03. The van der Waals surface area contributed by atoms with Gasteiger partial charge in [0.15, 0.2) is 0 Å². The van der Waals surface area contributed by atoms with Gasteiger partial charge in [0.25, 0.3) is 0 Å². The molecule has 0 spiro atoms. The van der Waals surface area contributed by atoms with Crippen LogP contribution in [0.15, 0.2) is 0 Å². The highest BCUT2D eigenvalue weighted by molar-refractivity contribution is 5.72. The van der Waals surface area contributed by atoms with E-state index < -0.39 is 5.97 Å². The van der Waals surface area contributed by atoms with Gasteiger partial charge in [-0.25, -0.2) is 0 Å². The van der Waals surface area contributed by atoms with Gasteiger partial charge in [0, 0.05) is 0 Å². The van der Waals surface area contributed by atoms with E-state index in [1.54, 1.807) is 0 Å². The van der Waals surface area contributed by atoms with Crippen molar-refractivity contribution in [2.75, 3.05) is 0 Å². The number of carbonyl (C=O) groups is 1. The number of carboxylic acids is 1. The normalized spacial score (nSPS) is 48.1. The minimum atomic E-state index is -0.699. The SMILES string of the molecule is C[C@@]12CC[C@@H](C[C@@H]1C(=O)O)O2. The molecule has 3 nitrogen and oxygen atoms in total. The Morgan fingerprint density at radius 3 is 2.73 bits per heavy atom. The van der Waals surface area contributed by atoms with Crippen LogP contribution < -0.4 is 0 Å². The van der Waals surface area contributed by atoms with E-state index in [2.05, 4.69) is 0 Å². The molecule has 2 aliphatic rings. The Morgan fingerprint density at radius 1 is 1.73 bits per heavy atom. The lowest BCUT2D eigenvalue weighted by atomic mass is 9.80. The summed E-state index contributed by atoms with van der Waals surface area (Å²) >= 11 is 0. The summed E-state index contributed by atoms with van der Waals surface area (Å²) in [6, 6.07) is 0. The smallest absolute Gasteiger partial charge is 0.309 e.